The summed E-state index contributed by atoms with van der Waals surface area (Å²) in [5.74, 6) is 0.653. The Balaban J connectivity index is 1.88. The number of carbonyl (C=O) groups excluding carboxylic acids is 1. The van der Waals surface area contributed by atoms with E-state index in [1.54, 1.807) is 19.1 Å². The van der Waals surface area contributed by atoms with E-state index in [0.717, 1.165) is 30.4 Å². The van der Waals surface area contributed by atoms with Gasteiger partial charge in [-0.3, -0.25) is 9.59 Å². The van der Waals surface area contributed by atoms with Gasteiger partial charge in [-0.05, 0) is 54.9 Å². The van der Waals surface area contributed by atoms with Crippen LogP contribution < -0.4 is 9.47 Å². The van der Waals surface area contributed by atoms with Crippen molar-refractivity contribution in [2.45, 2.75) is 44.6 Å². The van der Waals surface area contributed by atoms with Crippen LogP contribution in [0.15, 0.2) is 24.3 Å². The van der Waals surface area contributed by atoms with Crippen LogP contribution in [0.1, 0.15) is 49.3 Å². The number of carboxylic acid groups (broad SMARTS) is 1. The van der Waals surface area contributed by atoms with Crippen molar-refractivity contribution in [1.29, 1.82) is 0 Å². The summed E-state index contributed by atoms with van der Waals surface area (Å²) in [5, 5.41) is 9.44. The third-order valence-electron chi connectivity index (χ3n) is 5.53. The number of rotatable bonds is 6. The summed E-state index contributed by atoms with van der Waals surface area (Å²) in [5.41, 5.74) is 1.86. The Kier molecular flexibility index (Phi) is 6.04. The molecule has 0 fully saturated rings. The first kappa shape index (κ1) is 19.3. The second-order valence-electron chi connectivity index (χ2n) is 7.21. The van der Waals surface area contributed by atoms with Crippen molar-refractivity contribution in [2.24, 2.45) is 5.92 Å². The number of fused-ring (bicyclic) bond motifs is 1. The van der Waals surface area contributed by atoms with Gasteiger partial charge in [-0.1, -0.05) is 12.2 Å². The number of methoxy groups -OCH3 is 2. The lowest BCUT2D eigenvalue weighted by atomic mass is 9.87. The highest BCUT2D eigenvalue weighted by atomic mass is 16.5. The summed E-state index contributed by atoms with van der Waals surface area (Å²) >= 11 is 0. The number of ether oxygens (including phenoxy) is 2. The van der Waals surface area contributed by atoms with Gasteiger partial charge >= 0.3 is 5.97 Å². The van der Waals surface area contributed by atoms with Crippen LogP contribution in [0.5, 0.6) is 11.5 Å². The summed E-state index contributed by atoms with van der Waals surface area (Å²) in [7, 11) is 3.13. The summed E-state index contributed by atoms with van der Waals surface area (Å²) < 4.78 is 10.8. The summed E-state index contributed by atoms with van der Waals surface area (Å²) in [6.45, 7) is 0.530. The summed E-state index contributed by atoms with van der Waals surface area (Å²) in [6.07, 6.45) is 8.29. The van der Waals surface area contributed by atoms with Gasteiger partial charge < -0.3 is 19.5 Å². The van der Waals surface area contributed by atoms with Crippen molar-refractivity contribution in [3.63, 3.8) is 0 Å². The predicted molar refractivity (Wildman–Crippen MR) is 101 cm³/mol. The van der Waals surface area contributed by atoms with Gasteiger partial charge in [0.1, 0.15) is 0 Å². The highest BCUT2D eigenvalue weighted by Crippen LogP contribution is 2.40. The Morgan fingerprint density at radius 2 is 1.89 bits per heavy atom. The topological polar surface area (TPSA) is 76.1 Å². The number of hydrogen-bond donors (Lipinski definition) is 1. The van der Waals surface area contributed by atoms with Crippen molar-refractivity contribution >= 4 is 11.9 Å². The molecule has 0 aromatic heterocycles. The molecule has 0 radical (unpaired) electrons. The van der Waals surface area contributed by atoms with Crippen LogP contribution in [0.3, 0.4) is 0 Å². The van der Waals surface area contributed by atoms with E-state index in [1.807, 2.05) is 12.1 Å². The molecule has 1 aliphatic carbocycles. The van der Waals surface area contributed by atoms with Crippen LogP contribution >= 0.6 is 0 Å². The minimum Gasteiger partial charge on any atom is -0.493 e. The zero-order valence-corrected chi connectivity index (χ0v) is 15.9. The van der Waals surface area contributed by atoms with Gasteiger partial charge in [0.05, 0.1) is 26.7 Å². The molecule has 6 heteroatoms. The molecule has 1 N–H and O–H groups in total. The number of allylic oxidation sites excluding steroid dienone is 2. The molecule has 1 aromatic rings. The van der Waals surface area contributed by atoms with Gasteiger partial charge in [-0.2, -0.15) is 0 Å². The lowest BCUT2D eigenvalue weighted by molar-refractivity contribution is -0.141. The summed E-state index contributed by atoms with van der Waals surface area (Å²) in [4.78, 5) is 26.3. The third-order valence-corrected chi connectivity index (χ3v) is 5.53. The molecule has 1 heterocycles. The van der Waals surface area contributed by atoms with Crippen LogP contribution in [0.4, 0.5) is 0 Å². The smallest absolute Gasteiger partial charge is 0.305 e. The highest BCUT2D eigenvalue weighted by Gasteiger charge is 2.34. The number of hydrogen-bond acceptors (Lipinski definition) is 4. The van der Waals surface area contributed by atoms with Crippen LogP contribution in [0.2, 0.25) is 0 Å². The van der Waals surface area contributed by atoms with E-state index in [2.05, 4.69) is 12.2 Å². The van der Waals surface area contributed by atoms with Crippen LogP contribution in [-0.4, -0.2) is 42.6 Å². The molecule has 2 aliphatic rings. The molecule has 1 aliphatic heterocycles. The monoisotopic (exact) mass is 373 g/mol. The number of benzene rings is 1. The molecule has 2 unspecified atom stereocenters. The molecule has 3 rings (SSSR count). The first-order chi connectivity index (χ1) is 13.0. The minimum atomic E-state index is -0.916. The molecule has 2 atom stereocenters. The Bertz CT molecular complexity index is 742. The third kappa shape index (κ3) is 4.26. The SMILES string of the molecule is COc1cc2c(cc1OC)C(CC(=O)O)N(C(=O)CC1CC=CCC1)CC2. The molecule has 1 amide bonds. The number of aliphatic carboxylic acids is 1. The van der Waals surface area contributed by atoms with Gasteiger partial charge in [0.2, 0.25) is 5.91 Å². The number of carboxylic acids is 1. The number of nitrogens with zero attached hydrogens (tertiary/aromatic N) is 1. The van der Waals surface area contributed by atoms with Crippen molar-refractivity contribution in [2.75, 3.05) is 20.8 Å². The number of carbonyl (C=O) groups is 2. The molecule has 1 aromatic carbocycles. The highest BCUT2D eigenvalue weighted by molar-refractivity contribution is 5.79. The van der Waals surface area contributed by atoms with E-state index in [4.69, 9.17) is 9.47 Å². The normalized spacial score (nSPS) is 21.5. The molecular formula is C21H27NO5. The summed E-state index contributed by atoms with van der Waals surface area (Å²) in [6, 6.07) is 3.25. The zero-order chi connectivity index (χ0) is 19.4. The quantitative estimate of drug-likeness (QED) is 0.774. The Morgan fingerprint density at radius 3 is 2.52 bits per heavy atom. The fourth-order valence-corrected chi connectivity index (χ4v) is 4.12. The van der Waals surface area contributed by atoms with Gasteiger partial charge in [-0.25, -0.2) is 0 Å². The Hall–Kier alpha value is -2.50. The maximum Gasteiger partial charge on any atom is 0.305 e. The van der Waals surface area contributed by atoms with Gasteiger partial charge in [0, 0.05) is 13.0 Å². The van der Waals surface area contributed by atoms with E-state index >= 15 is 0 Å². The van der Waals surface area contributed by atoms with Crippen LogP contribution in [-0.2, 0) is 16.0 Å². The van der Waals surface area contributed by atoms with Gasteiger partial charge in [0.25, 0.3) is 0 Å². The predicted octanol–water partition coefficient (Wildman–Crippen LogP) is 3.35. The molecule has 0 bridgehead atoms. The second-order valence-corrected chi connectivity index (χ2v) is 7.21. The molecule has 0 saturated carbocycles. The van der Waals surface area contributed by atoms with Crippen molar-refractivity contribution in [3.05, 3.63) is 35.4 Å². The van der Waals surface area contributed by atoms with Crippen LogP contribution in [0.25, 0.3) is 0 Å². The van der Waals surface area contributed by atoms with E-state index in [-0.39, 0.29) is 12.3 Å². The van der Waals surface area contributed by atoms with Crippen molar-refractivity contribution in [3.8, 4) is 11.5 Å². The Labute approximate surface area is 159 Å². The Morgan fingerprint density at radius 1 is 1.15 bits per heavy atom. The molecule has 27 heavy (non-hydrogen) atoms. The average Bonchev–Trinajstić information content (AvgIpc) is 2.67. The number of amides is 1. The van der Waals surface area contributed by atoms with E-state index in [0.29, 0.717) is 36.8 Å². The largest absolute Gasteiger partial charge is 0.493 e. The van der Waals surface area contributed by atoms with Crippen LogP contribution in [0, 0.1) is 5.92 Å². The van der Waals surface area contributed by atoms with E-state index in [1.165, 1.54) is 0 Å². The van der Waals surface area contributed by atoms with Gasteiger partial charge in [-0.15, -0.1) is 0 Å². The van der Waals surface area contributed by atoms with E-state index < -0.39 is 12.0 Å². The average molecular weight is 373 g/mol. The maximum absolute atomic E-state index is 13.0. The molecule has 0 spiro atoms. The minimum absolute atomic E-state index is 0.0435. The lowest BCUT2D eigenvalue weighted by Crippen LogP contribution is -2.41. The first-order valence-corrected chi connectivity index (χ1v) is 9.44. The molecule has 146 valence electrons. The molecule has 6 nitrogen and oxygen atoms in total. The first-order valence-electron chi connectivity index (χ1n) is 9.44. The van der Waals surface area contributed by atoms with Gasteiger partial charge in [0.15, 0.2) is 11.5 Å². The molecule has 0 saturated heterocycles. The standard InChI is InChI=1S/C21H27NO5/c1-26-18-11-15-8-9-22(20(23)10-14-6-4-3-5-7-14)17(13-21(24)25)16(15)12-19(18)27-2/h3-4,11-12,14,17H,5-10,13H2,1-2H3,(H,24,25). The maximum atomic E-state index is 13.0. The van der Waals surface area contributed by atoms with Crippen molar-refractivity contribution < 1.29 is 24.2 Å². The lowest BCUT2D eigenvalue weighted by Gasteiger charge is -2.38. The fraction of sp³-hybridized carbons (Fsp3) is 0.524. The van der Waals surface area contributed by atoms with Crippen molar-refractivity contribution in [1.82, 2.24) is 4.90 Å². The fourth-order valence-electron chi connectivity index (χ4n) is 4.12. The second kappa shape index (κ2) is 8.46. The van der Waals surface area contributed by atoms with E-state index in [9.17, 15) is 14.7 Å². The zero-order valence-electron chi connectivity index (χ0n) is 15.9. The molecular weight excluding hydrogens is 346 g/mol.